The van der Waals surface area contributed by atoms with Crippen molar-refractivity contribution in [1.82, 2.24) is 0 Å². The fourth-order valence-corrected chi connectivity index (χ4v) is 2.75. The van der Waals surface area contributed by atoms with Gasteiger partial charge in [-0.3, -0.25) is 4.99 Å². The van der Waals surface area contributed by atoms with Gasteiger partial charge in [0.15, 0.2) is 0 Å². The molecule has 0 spiro atoms. The number of hydrogen-bond acceptors (Lipinski definition) is 1. The number of rotatable bonds is 2. The third-order valence-electron chi connectivity index (χ3n) is 3.07. The minimum absolute atomic E-state index is 0.0923. The van der Waals surface area contributed by atoms with Crippen molar-refractivity contribution >= 4 is 28.8 Å². The van der Waals surface area contributed by atoms with Gasteiger partial charge >= 0.3 is 0 Å². The maximum absolute atomic E-state index is 12.4. The van der Waals surface area contributed by atoms with Crippen molar-refractivity contribution in [1.29, 1.82) is 0 Å². The van der Waals surface area contributed by atoms with Gasteiger partial charge in [-0.15, -0.1) is 0 Å². The van der Waals surface area contributed by atoms with Crippen LogP contribution in [0, 0.1) is 5.92 Å². The Morgan fingerprint density at radius 3 is 2.71 bits per heavy atom. The molecule has 0 saturated carbocycles. The lowest BCUT2D eigenvalue weighted by atomic mass is 9.86. The van der Waals surface area contributed by atoms with Crippen LogP contribution in [0.15, 0.2) is 40.1 Å². The summed E-state index contributed by atoms with van der Waals surface area (Å²) in [6.45, 7) is 2.08. The molecule has 0 aromatic rings. The molecule has 2 atom stereocenters. The Labute approximate surface area is 114 Å². The van der Waals surface area contributed by atoms with E-state index >= 15 is 0 Å². The number of hydrogen-bond donors (Lipinski definition) is 0. The van der Waals surface area contributed by atoms with Gasteiger partial charge in [-0.25, -0.2) is 8.78 Å². The summed E-state index contributed by atoms with van der Waals surface area (Å²) in [5.41, 5.74) is 2.40. The molecule has 2 aliphatic rings. The second kappa shape index (κ2) is 5.42. The first-order chi connectivity index (χ1) is 8.08. The van der Waals surface area contributed by atoms with E-state index in [0.29, 0.717) is 10.3 Å². The van der Waals surface area contributed by atoms with E-state index < -0.39 is 6.43 Å². The first-order valence-corrected chi connectivity index (χ1v) is 6.88. The predicted molar refractivity (Wildman–Crippen MR) is 75.0 cm³/mol. The van der Waals surface area contributed by atoms with Crippen molar-refractivity contribution in [2.75, 3.05) is 0 Å². The van der Waals surface area contributed by atoms with E-state index in [2.05, 4.69) is 46.7 Å². The number of allylic oxidation sites excluding steroid dienone is 6. The molecule has 1 heterocycles. The summed E-state index contributed by atoms with van der Waals surface area (Å²) in [4.78, 5) is 3.86. The van der Waals surface area contributed by atoms with Gasteiger partial charge in [-0.1, -0.05) is 46.4 Å². The second-order valence-electron chi connectivity index (χ2n) is 4.31. The molecule has 1 aliphatic carbocycles. The van der Waals surface area contributed by atoms with Gasteiger partial charge in [0, 0.05) is 16.1 Å². The minimum atomic E-state index is -2.46. The van der Waals surface area contributed by atoms with Crippen LogP contribution in [0.4, 0.5) is 8.78 Å². The van der Waals surface area contributed by atoms with E-state index in [1.807, 2.05) is 0 Å². The van der Waals surface area contributed by atoms with E-state index in [-0.39, 0.29) is 11.6 Å². The fourth-order valence-electron chi connectivity index (χ4n) is 2.11. The molecule has 0 amide bonds. The smallest absolute Gasteiger partial charge is 0.259 e. The molecule has 0 aromatic heterocycles. The highest BCUT2D eigenvalue weighted by molar-refractivity contribution is 14.1. The maximum Gasteiger partial charge on any atom is 0.280 e. The number of nitrogens with zero attached hydrogens (tertiary/aromatic N) is 1. The van der Waals surface area contributed by atoms with Gasteiger partial charge in [0.05, 0.1) is 0 Å². The SMILES string of the molecule is CC1=CCC(I)C=C1C1C=NC(C(F)F)=CC1. The van der Waals surface area contributed by atoms with Gasteiger partial charge in [0.25, 0.3) is 6.43 Å². The Morgan fingerprint density at radius 2 is 2.12 bits per heavy atom. The average Bonchev–Trinajstić information content (AvgIpc) is 2.32. The van der Waals surface area contributed by atoms with E-state index in [4.69, 9.17) is 0 Å². The Morgan fingerprint density at radius 1 is 1.35 bits per heavy atom. The zero-order valence-corrected chi connectivity index (χ0v) is 11.7. The summed E-state index contributed by atoms with van der Waals surface area (Å²) in [6.07, 6.45) is 6.89. The fraction of sp³-hybridized carbons (Fsp3) is 0.462. The number of aliphatic imine (C=N–C) groups is 1. The normalized spacial score (nSPS) is 28.9. The van der Waals surface area contributed by atoms with Crippen molar-refractivity contribution in [3.05, 3.63) is 35.1 Å². The zero-order valence-electron chi connectivity index (χ0n) is 9.54. The van der Waals surface area contributed by atoms with Crippen LogP contribution in [0.25, 0.3) is 0 Å². The molecule has 0 radical (unpaired) electrons. The van der Waals surface area contributed by atoms with Crippen LogP contribution in [-0.2, 0) is 0 Å². The predicted octanol–water partition coefficient (Wildman–Crippen LogP) is 4.31. The molecule has 1 nitrogen and oxygen atoms in total. The van der Waals surface area contributed by atoms with Crippen LogP contribution in [0.5, 0.6) is 0 Å². The average molecular weight is 349 g/mol. The van der Waals surface area contributed by atoms with Gasteiger partial charge in [0.2, 0.25) is 0 Å². The van der Waals surface area contributed by atoms with Crippen LogP contribution in [0.3, 0.4) is 0 Å². The van der Waals surface area contributed by atoms with E-state index in [9.17, 15) is 8.78 Å². The van der Waals surface area contributed by atoms with Crippen LogP contribution < -0.4 is 0 Å². The summed E-state index contributed by atoms with van der Waals surface area (Å²) < 4.78 is 25.3. The van der Waals surface area contributed by atoms with Crippen molar-refractivity contribution in [2.45, 2.75) is 30.1 Å². The molecule has 1 aliphatic heterocycles. The Balaban J connectivity index is 2.12. The molecule has 0 aromatic carbocycles. The van der Waals surface area contributed by atoms with Crippen molar-refractivity contribution in [2.24, 2.45) is 10.9 Å². The standard InChI is InChI=1S/C13H14F2IN/c1-8-2-4-10(16)6-11(8)9-3-5-12(13(14)15)17-7-9/h2,5-7,9-10,13H,3-4H2,1H3. The van der Waals surface area contributed by atoms with Crippen LogP contribution in [-0.4, -0.2) is 16.6 Å². The Hall–Kier alpha value is -0.520. The van der Waals surface area contributed by atoms with Crippen LogP contribution in [0.2, 0.25) is 0 Å². The van der Waals surface area contributed by atoms with Crippen molar-refractivity contribution < 1.29 is 8.78 Å². The van der Waals surface area contributed by atoms with Gasteiger partial charge < -0.3 is 0 Å². The van der Waals surface area contributed by atoms with Crippen LogP contribution >= 0.6 is 22.6 Å². The third-order valence-corrected chi connectivity index (χ3v) is 3.94. The van der Waals surface area contributed by atoms with Crippen molar-refractivity contribution in [3.63, 3.8) is 0 Å². The number of halogens is 3. The van der Waals surface area contributed by atoms with E-state index in [1.54, 1.807) is 12.3 Å². The highest BCUT2D eigenvalue weighted by atomic mass is 127. The summed E-state index contributed by atoms with van der Waals surface area (Å²) in [7, 11) is 0. The van der Waals surface area contributed by atoms with E-state index in [0.717, 1.165) is 6.42 Å². The highest BCUT2D eigenvalue weighted by Crippen LogP contribution is 2.32. The molecule has 4 heteroatoms. The van der Waals surface area contributed by atoms with Crippen LogP contribution in [0.1, 0.15) is 19.8 Å². The minimum Gasteiger partial charge on any atom is -0.259 e. The summed E-state index contributed by atoms with van der Waals surface area (Å²) >= 11 is 2.39. The first-order valence-electron chi connectivity index (χ1n) is 5.63. The molecule has 0 N–H and O–H groups in total. The lowest BCUT2D eigenvalue weighted by molar-refractivity contribution is 0.187. The maximum atomic E-state index is 12.4. The second-order valence-corrected chi connectivity index (χ2v) is 5.91. The van der Waals surface area contributed by atoms with E-state index in [1.165, 1.54) is 11.1 Å². The monoisotopic (exact) mass is 349 g/mol. The lowest BCUT2D eigenvalue weighted by Gasteiger charge is -2.23. The van der Waals surface area contributed by atoms with Crippen molar-refractivity contribution in [3.8, 4) is 0 Å². The van der Waals surface area contributed by atoms with Gasteiger partial charge in [-0.05, 0) is 25.3 Å². The van der Waals surface area contributed by atoms with Gasteiger partial charge in [0.1, 0.15) is 5.70 Å². The molecule has 0 saturated heterocycles. The lowest BCUT2D eigenvalue weighted by Crippen LogP contribution is -2.15. The quantitative estimate of drug-likeness (QED) is 0.521. The third kappa shape index (κ3) is 3.03. The highest BCUT2D eigenvalue weighted by Gasteiger charge is 2.21. The molecular weight excluding hydrogens is 335 g/mol. The number of alkyl halides is 3. The summed E-state index contributed by atoms with van der Waals surface area (Å²) in [6, 6.07) is 0. The molecule has 2 unspecified atom stereocenters. The molecule has 0 fully saturated rings. The molecule has 2 rings (SSSR count). The zero-order chi connectivity index (χ0) is 12.4. The largest absolute Gasteiger partial charge is 0.280 e. The summed E-state index contributed by atoms with van der Waals surface area (Å²) in [5, 5.41) is 0. The molecule has 0 bridgehead atoms. The first kappa shape index (κ1) is 12.9. The molecule has 17 heavy (non-hydrogen) atoms. The molecule has 92 valence electrons. The van der Waals surface area contributed by atoms with Gasteiger partial charge in [-0.2, -0.15) is 0 Å². The topological polar surface area (TPSA) is 12.4 Å². The Bertz CT molecular complexity index is 421. The molecular formula is C13H14F2IN. The summed E-state index contributed by atoms with van der Waals surface area (Å²) in [5.74, 6) is 0.159. The Kier molecular flexibility index (Phi) is 4.12.